The highest BCUT2D eigenvalue weighted by Gasteiger charge is 2.15. The van der Waals surface area contributed by atoms with Crippen molar-refractivity contribution in [1.82, 2.24) is 35.0 Å². The van der Waals surface area contributed by atoms with Gasteiger partial charge < -0.3 is 4.74 Å². The zero-order valence-corrected chi connectivity index (χ0v) is 11.6. The van der Waals surface area contributed by atoms with E-state index in [-0.39, 0.29) is 17.6 Å². The fraction of sp³-hybridized carbons (Fsp3) is 0.182. The molecule has 0 fully saturated rings. The Bertz CT molecular complexity index is 871. The fourth-order valence-electron chi connectivity index (χ4n) is 1.70. The van der Waals surface area contributed by atoms with Gasteiger partial charge in [-0.1, -0.05) is 11.6 Å². The van der Waals surface area contributed by atoms with Gasteiger partial charge in [0.2, 0.25) is 5.88 Å². The number of halogens is 1. The van der Waals surface area contributed by atoms with Crippen LogP contribution in [0, 0.1) is 0 Å². The Kier molecular flexibility index (Phi) is 3.09. The summed E-state index contributed by atoms with van der Waals surface area (Å²) < 4.78 is 14.9. The topological polar surface area (TPSA) is 104 Å². The van der Waals surface area contributed by atoms with Crippen molar-refractivity contribution in [3.8, 4) is 11.6 Å². The van der Waals surface area contributed by atoms with E-state index in [0.29, 0.717) is 11.3 Å². The number of H-pyrrole nitrogens is 1. The maximum atomic E-state index is 12.0. The van der Waals surface area contributed by atoms with E-state index in [4.69, 9.17) is 17.7 Å². The number of nitrogens with one attached hydrogen (secondary N) is 1. The lowest BCUT2D eigenvalue weighted by atomic mass is 10.2. The highest BCUT2D eigenvalue weighted by Crippen LogP contribution is 2.21. The van der Waals surface area contributed by atoms with Gasteiger partial charge in [-0.2, -0.15) is 9.36 Å². The normalized spacial score (nSPS) is 11.4. The van der Waals surface area contributed by atoms with Gasteiger partial charge in [0.25, 0.3) is 0 Å². The average Bonchev–Trinajstić information content (AvgIpc) is 3.05. The van der Waals surface area contributed by atoms with Crippen molar-refractivity contribution in [1.29, 1.82) is 0 Å². The summed E-state index contributed by atoms with van der Waals surface area (Å²) in [4.78, 5) is 15.9. The standard InChI is InChI=1S/C11H10ClN7O2/c1-18-11(20)19(17-16-18)8-2-4-13-10(12)7(8)6-21-9-3-5-14-15-9/h2-5H,6H2,1H3,(H,14,15)/i/hT. The maximum absolute atomic E-state index is 12.0. The monoisotopic (exact) mass is 309 g/mol. The lowest BCUT2D eigenvalue weighted by Gasteiger charge is -2.09. The van der Waals surface area contributed by atoms with Gasteiger partial charge in [-0.25, -0.2) is 9.78 Å². The van der Waals surface area contributed by atoms with Crippen LogP contribution in [-0.2, 0) is 13.7 Å². The third-order valence-electron chi connectivity index (χ3n) is 2.73. The Morgan fingerprint density at radius 2 is 2.33 bits per heavy atom. The van der Waals surface area contributed by atoms with Gasteiger partial charge in [-0.15, -0.1) is 5.10 Å². The van der Waals surface area contributed by atoms with Crippen LogP contribution in [-0.4, -0.2) is 35.0 Å². The molecule has 0 aromatic carbocycles. The van der Waals surface area contributed by atoms with Gasteiger partial charge >= 0.3 is 5.69 Å². The maximum Gasteiger partial charge on any atom is 0.368 e. The highest BCUT2D eigenvalue weighted by atomic mass is 35.5. The third kappa shape index (κ3) is 2.50. The molecular formula is C11H10ClN7O2. The molecule has 0 saturated carbocycles. The molecule has 0 unspecified atom stereocenters. The van der Waals surface area contributed by atoms with E-state index in [1.54, 1.807) is 6.07 Å². The second-order valence-corrected chi connectivity index (χ2v) is 4.41. The summed E-state index contributed by atoms with van der Waals surface area (Å²) >= 11 is 6.09. The summed E-state index contributed by atoms with van der Waals surface area (Å²) in [5.74, 6) is 0.257. The lowest BCUT2D eigenvalue weighted by molar-refractivity contribution is 0.292. The number of aromatic amines is 1. The van der Waals surface area contributed by atoms with Gasteiger partial charge in [0.15, 0.2) is 1.41 Å². The second kappa shape index (κ2) is 5.37. The molecule has 0 amide bonds. The minimum Gasteiger partial charge on any atom is -0.472 e. The van der Waals surface area contributed by atoms with E-state index in [1.165, 1.54) is 25.5 Å². The molecule has 10 heteroatoms. The molecule has 0 saturated heterocycles. The van der Waals surface area contributed by atoms with Crippen molar-refractivity contribution in [2.45, 2.75) is 6.61 Å². The summed E-state index contributed by atoms with van der Waals surface area (Å²) in [7, 11) is 1.49. The van der Waals surface area contributed by atoms with Crippen molar-refractivity contribution < 1.29 is 6.15 Å². The van der Waals surface area contributed by atoms with Crippen LogP contribution in [0.2, 0.25) is 6.56 Å². The van der Waals surface area contributed by atoms with Crippen LogP contribution in [0.15, 0.2) is 29.3 Å². The number of tetrazole rings is 1. The zero-order chi connectivity index (χ0) is 15.7. The van der Waals surface area contributed by atoms with Gasteiger partial charge in [0.1, 0.15) is 11.8 Å². The second-order valence-electron chi connectivity index (χ2n) is 4.05. The van der Waals surface area contributed by atoms with Crippen molar-refractivity contribution in [3.63, 3.8) is 0 Å². The van der Waals surface area contributed by atoms with Gasteiger partial charge in [0, 0.05) is 25.5 Å². The molecule has 3 aromatic rings. The third-order valence-corrected chi connectivity index (χ3v) is 3.06. The summed E-state index contributed by atoms with van der Waals surface area (Å²) in [6, 6.07) is 3.12. The zero-order valence-electron chi connectivity index (χ0n) is 11.8. The molecule has 0 aliphatic heterocycles. The Balaban J connectivity index is 1.96. The van der Waals surface area contributed by atoms with Crippen LogP contribution in [0.4, 0.5) is 0 Å². The van der Waals surface area contributed by atoms with E-state index in [9.17, 15) is 4.79 Å². The predicted octanol–water partition coefficient (Wildman–Crippen LogP) is 0.316. The number of rotatable bonds is 4. The van der Waals surface area contributed by atoms with E-state index in [1.807, 2.05) is 0 Å². The minimum absolute atomic E-state index is 0.0159. The number of nitrogens with zero attached hydrogens (tertiary/aromatic N) is 6. The van der Waals surface area contributed by atoms with Crippen molar-refractivity contribution in [3.05, 3.63) is 45.7 Å². The van der Waals surface area contributed by atoms with Crippen LogP contribution in [0.1, 0.15) is 5.56 Å². The van der Waals surface area contributed by atoms with Crippen LogP contribution in [0.25, 0.3) is 5.69 Å². The number of aromatic nitrogens is 7. The first kappa shape index (κ1) is 12.1. The van der Waals surface area contributed by atoms with Crippen molar-refractivity contribution in [2.24, 2.45) is 7.05 Å². The molecule has 3 aromatic heterocycles. The van der Waals surface area contributed by atoms with Crippen LogP contribution >= 0.6 is 11.6 Å². The molecule has 21 heavy (non-hydrogen) atoms. The first-order valence-electron chi connectivity index (χ1n) is 6.31. The summed E-state index contributed by atoms with van der Waals surface area (Å²) in [5.41, 5.74) is 0.466. The van der Waals surface area contributed by atoms with E-state index >= 15 is 0 Å². The van der Waals surface area contributed by atoms with Crippen LogP contribution < -0.4 is 10.4 Å². The van der Waals surface area contributed by atoms with E-state index in [2.05, 4.69) is 20.5 Å². The first-order valence-corrected chi connectivity index (χ1v) is 6.24. The largest absolute Gasteiger partial charge is 0.472 e. The molecule has 9 nitrogen and oxygen atoms in total. The van der Waals surface area contributed by atoms with E-state index < -0.39 is 5.69 Å². The van der Waals surface area contributed by atoms with Gasteiger partial charge in [-0.05, 0) is 16.5 Å². The minimum atomic E-state index is -0.418. The molecule has 0 aliphatic rings. The molecule has 1 N–H and O–H groups in total. The number of pyridine rings is 1. The Labute approximate surface area is 124 Å². The molecule has 0 radical (unpaired) electrons. The molecule has 0 atom stereocenters. The Morgan fingerprint density at radius 3 is 3.00 bits per heavy atom. The molecule has 0 aliphatic carbocycles. The SMILES string of the molecule is [3H]n1ccc(OCc2c(-n3nnn(C)c3=O)ccnc2Cl)n1. The van der Waals surface area contributed by atoms with Crippen molar-refractivity contribution in [2.75, 3.05) is 0 Å². The molecule has 0 spiro atoms. The van der Waals surface area contributed by atoms with Crippen molar-refractivity contribution >= 4 is 11.6 Å². The molecular weight excluding hydrogens is 298 g/mol. The van der Waals surface area contributed by atoms with Crippen LogP contribution in [0.3, 0.4) is 0 Å². The average molecular weight is 310 g/mol. The predicted molar refractivity (Wildman–Crippen MR) is 72.3 cm³/mol. The highest BCUT2D eigenvalue weighted by molar-refractivity contribution is 6.30. The smallest absolute Gasteiger partial charge is 0.368 e. The number of hydrogen-bond acceptors (Lipinski definition) is 6. The fourth-order valence-corrected chi connectivity index (χ4v) is 1.91. The Hall–Kier alpha value is -2.68. The number of hydrogen-bond donors (Lipinski definition) is 1. The summed E-state index contributed by atoms with van der Waals surface area (Å²) in [6.07, 6.45) is 2.88. The van der Waals surface area contributed by atoms with Gasteiger partial charge in [0.05, 0.1) is 11.3 Å². The van der Waals surface area contributed by atoms with E-state index in [0.717, 1.165) is 14.5 Å². The quantitative estimate of drug-likeness (QED) is 0.696. The lowest BCUT2D eigenvalue weighted by Crippen LogP contribution is -2.23. The Morgan fingerprint density at radius 1 is 1.48 bits per heavy atom. The molecule has 3 heterocycles. The molecule has 3 rings (SSSR count). The van der Waals surface area contributed by atoms with Crippen LogP contribution in [0.5, 0.6) is 5.88 Å². The van der Waals surface area contributed by atoms with Gasteiger partial charge in [-0.3, -0.25) is 5.09 Å². The number of ether oxygens (including phenoxy) is 1. The summed E-state index contributed by atoms with van der Waals surface area (Å²) in [6.45, 7) is 0.0159. The summed E-state index contributed by atoms with van der Waals surface area (Å²) in [5, 5.41) is 12.3. The molecule has 108 valence electrons. The number of aryl methyl sites for hydroxylation is 1. The first-order chi connectivity index (χ1) is 10.6. The molecule has 0 bridgehead atoms.